The lowest BCUT2D eigenvalue weighted by Crippen LogP contribution is -1.87. The van der Waals surface area contributed by atoms with Gasteiger partial charge < -0.3 is 0 Å². The minimum atomic E-state index is 0.520. The molecule has 0 heteroatoms. The summed E-state index contributed by atoms with van der Waals surface area (Å²) in [6, 6.07) is 29.0. The number of rotatable bonds is 2. The number of fused-ring (bicyclic) bond motifs is 5. The fourth-order valence-electron chi connectivity index (χ4n) is 4.38. The summed E-state index contributed by atoms with van der Waals surface area (Å²) in [4.78, 5) is 0. The van der Waals surface area contributed by atoms with E-state index in [9.17, 15) is 0 Å². The van der Waals surface area contributed by atoms with Crippen molar-refractivity contribution in [2.45, 2.75) is 26.2 Å². The van der Waals surface area contributed by atoms with Crippen LogP contribution in [0.1, 0.15) is 36.5 Å². The minimum Gasteiger partial charge on any atom is -0.0622 e. The molecule has 0 saturated heterocycles. The van der Waals surface area contributed by atoms with Gasteiger partial charge in [0.2, 0.25) is 0 Å². The van der Waals surface area contributed by atoms with Crippen molar-refractivity contribution < 1.29 is 0 Å². The van der Waals surface area contributed by atoms with Crippen LogP contribution in [0.15, 0.2) is 78.9 Å². The molecule has 0 aliphatic heterocycles. The summed E-state index contributed by atoms with van der Waals surface area (Å²) in [6.07, 6.45) is 1.04. The smallest absolute Gasteiger partial charge is 0.000705 e. The molecular formula is C26H22. The van der Waals surface area contributed by atoms with Gasteiger partial charge in [-0.2, -0.15) is 0 Å². The maximum atomic E-state index is 2.42. The lowest BCUT2D eigenvalue weighted by Gasteiger charge is -2.09. The predicted octanol–water partition coefficient (Wildman–Crippen LogP) is 7.15. The summed E-state index contributed by atoms with van der Waals surface area (Å²) in [5, 5.41) is 0. The quantitative estimate of drug-likeness (QED) is 0.321. The summed E-state index contributed by atoms with van der Waals surface area (Å²) >= 11 is 0. The molecule has 0 radical (unpaired) electrons. The van der Waals surface area contributed by atoms with Crippen LogP contribution in [0.4, 0.5) is 0 Å². The molecule has 0 unspecified atom stereocenters. The van der Waals surface area contributed by atoms with Gasteiger partial charge in [-0.05, 0) is 62.4 Å². The molecule has 0 amide bonds. The number of hydrogen-bond acceptors (Lipinski definition) is 0. The van der Waals surface area contributed by atoms with Crippen LogP contribution in [0.2, 0.25) is 0 Å². The second-order valence-electron chi connectivity index (χ2n) is 7.58. The average molecular weight is 334 g/mol. The highest BCUT2D eigenvalue weighted by Gasteiger charge is 2.30. The lowest BCUT2D eigenvalue weighted by molar-refractivity contribution is 0.869. The van der Waals surface area contributed by atoms with Crippen molar-refractivity contribution in [2.24, 2.45) is 0 Å². The zero-order chi connectivity index (χ0) is 17.7. The van der Waals surface area contributed by atoms with Crippen LogP contribution in [-0.2, 0) is 6.42 Å². The highest BCUT2D eigenvalue weighted by Crippen LogP contribution is 2.53. The molecule has 0 aromatic heterocycles. The molecule has 2 aromatic rings. The molecule has 0 fully saturated rings. The van der Waals surface area contributed by atoms with Crippen LogP contribution in [-0.4, -0.2) is 0 Å². The SMILES string of the molecule is CC(C)c1cccc2c3c(c(-c4ccccc4)c-2c1)-c1ccccc1C3. The van der Waals surface area contributed by atoms with E-state index in [4.69, 9.17) is 0 Å². The number of hydrogen-bond donors (Lipinski definition) is 0. The molecule has 26 heavy (non-hydrogen) atoms. The third-order valence-corrected chi connectivity index (χ3v) is 5.68. The molecule has 126 valence electrons. The molecule has 0 heterocycles. The van der Waals surface area contributed by atoms with E-state index in [1.807, 2.05) is 0 Å². The van der Waals surface area contributed by atoms with Crippen molar-refractivity contribution in [3.8, 4) is 33.4 Å². The third-order valence-electron chi connectivity index (χ3n) is 5.68. The van der Waals surface area contributed by atoms with Gasteiger partial charge in [0.15, 0.2) is 0 Å². The molecule has 0 saturated carbocycles. The first-order valence-electron chi connectivity index (χ1n) is 9.46. The van der Waals surface area contributed by atoms with Crippen LogP contribution < -0.4 is 0 Å². The van der Waals surface area contributed by atoms with Gasteiger partial charge in [-0.25, -0.2) is 0 Å². The molecule has 0 bridgehead atoms. The Morgan fingerprint density at radius 2 is 1.38 bits per heavy atom. The monoisotopic (exact) mass is 334 g/mol. The van der Waals surface area contributed by atoms with Gasteiger partial charge in [-0.3, -0.25) is 0 Å². The van der Waals surface area contributed by atoms with E-state index in [0.717, 1.165) is 6.42 Å². The van der Waals surface area contributed by atoms with Crippen LogP contribution in [0.3, 0.4) is 0 Å². The van der Waals surface area contributed by atoms with Crippen molar-refractivity contribution in [3.63, 3.8) is 0 Å². The standard InChI is InChI=1S/C26H22/c1-17(2)19-12-8-14-22-23(15-19)25(18-9-4-3-5-10-18)26-21-13-7-6-11-20(21)16-24(22)26/h3-15,17H,16H2,1-2H3. The van der Waals surface area contributed by atoms with E-state index in [-0.39, 0.29) is 0 Å². The highest BCUT2D eigenvalue weighted by molar-refractivity contribution is 6.05. The van der Waals surface area contributed by atoms with E-state index in [1.165, 1.54) is 50.1 Å². The van der Waals surface area contributed by atoms with Gasteiger partial charge in [-0.15, -0.1) is 0 Å². The van der Waals surface area contributed by atoms with Crippen LogP contribution in [0.25, 0.3) is 33.4 Å². The van der Waals surface area contributed by atoms with Gasteiger partial charge in [-0.1, -0.05) is 92.7 Å². The maximum absolute atomic E-state index is 2.42. The second kappa shape index (κ2) is 5.85. The molecule has 0 atom stereocenters. The van der Waals surface area contributed by atoms with Crippen molar-refractivity contribution in [1.82, 2.24) is 0 Å². The molecule has 0 nitrogen and oxygen atoms in total. The summed E-state index contributed by atoms with van der Waals surface area (Å²) in [7, 11) is 0. The Morgan fingerprint density at radius 3 is 2.19 bits per heavy atom. The van der Waals surface area contributed by atoms with Gasteiger partial charge in [0, 0.05) is 0 Å². The van der Waals surface area contributed by atoms with Crippen molar-refractivity contribution in [2.75, 3.05) is 0 Å². The Bertz CT molecular complexity index is 1070. The zero-order valence-corrected chi connectivity index (χ0v) is 15.3. The van der Waals surface area contributed by atoms with Crippen LogP contribution in [0.5, 0.6) is 0 Å². The van der Waals surface area contributed by atoms with Crippen LogP contribution in [0, 0.1) is 0 Å². The molecule has 5 rings (SSSR count). The van der Waals surface area contributed by atoms with E-state index in [2.05, 4.69) is 92.7 Å². The molecule has 0 spiro atoms. The van der Waals surface area contributed by atoms with Gasteiger partial charge in [0.25, 0.3) is 0 Å². The minimum absolute atomic E-state index is 0.520. The number of benzene rings is 2. The molecule has 3 aliphatic rings. The van der Waals surface area contributed by atoms with Crippen molar-refractivity contribution >= 4 is 0 Å². The first-order chi connectivity index (χ1) is 12.7. The van der Waals surface area contributed by atoms with Crippen molar-refractivity contribution in [1.29, 1.82) is 0 Å². The predicted molar refractivity (Wildman–Crippen MR) is 111 cm³/mol. The van der Waals surface area contributed by atoms with Gasteiger partial charge in [0.1, 0.15) is 0 Å². The first kappa shape index (κ1) is 15.4. The van der Waals surface area contributed by atoms with Gasteiger partial charge >= 0.3 is 0 Å². The summed E-state index contributed by atoms with van der Waals surface area (Å²) in [5.41, 5.74) is 12.7. The van der Waals surface area contributed by atoms with E-state index in [1.54, 1.807) is 0 Å². The lowest BCUT2D eigenvalue weighted by atomic mass is 9.94. The molecule has 0 N–H and O–H groups in total. The second-order valence-corrected chi connectivity index (χ2v) is 7.58. The molecule has 2 aromatic carbocycles. The summed E-state index contributed by atoms with van der Waals surface area (Å²) < 4.78 is 0. The Hall–Kier alpha value is -2.86. The van der Waals surface area contributed by atoms with E-state index >= 15 is 0 Å². The van der Waals surface area contributed by atoms with Gasteiger partial charge in [0.05, 0.1) is 0 Å². The summed E-state index contributed by atoms with van der Waals surface area (Å²) in [5.74, 6) is 0.520. The van der Waals surface area contributed by atoms with Crippen LogP contribution >= 0.6 is 0 Å². The molecule has 3 aliphatic carbocycles. The third kappa shape index (κ3) is 2.22. The normalized spacial score (nSPS) is 12.4. The van der Waals surface area contributed by atoms with E-state index < -0.39 is 0 Å². The molecular weight excluding hydrogens is 312 g/mol. The fraction of sp³-hybridized carbons (Fsp3) is 0.154. The maximum Gasteiger partial charge on any atom is -0.000705 e. The van der Waals surface area contributed by atoms with Crippen molar-refractivity contribution in [3.05, 3.63) is 95.6 Å². The Kier molecular flexibility index (Phi) is 3.46. The Labute approximate surface area is 155 Å². The summed E-state index contributed by atoms with van der Waals surface area (Å²) in [6.45, 7) is 4.55. The van der Waals surface area contributed by atoms with E-state index in [0.29, 0.717) is 5.92 Å². The first-order valence-corrected chi connectivity index (χ1v) is 9.46. The highest BCUT2D eigenvalue weighted by atomic mass is 14.3. The topological polar surface area (TPSA) is 0 Å². The fourth-order valence-corrected chi connectivity index (χ4v) is 4.38. The Balaban J connectivity index is 1.91. The largest absolute Gasteiger partial charge is 0.0622 e. The average Bonchev–Trinajstić information content (AvgIpc) is 3.07. The Morgan fingerprint density at radius 1 is 0.654 bits per heavy atom. The zero-order valence-electron chi connectivity index (χ0n) is 15.3.